The second-order valence-electron chi connectivity index (χ2n) is 22.6. The second kappa shape index (κ2) is 78.5. The molecule has 492 valence electrons. The molecule has 0 amide bonds. The lowest BCUT2D eigenvalue weighted by Crippen LogP contribution is -2.15. The van der Waals surface area contributed by atoms with Gasteiger partial charge in [-0.2, -0.15) is 0 Å². The highest BCUT2D eigenvalue weighted by atomic mass is 16.5. The number of carbonyl (C=O) groups is 6. The Hall–Kier alpha value is -4.48. The van der Waals surface area contributed by atoms with Crippen molar-refractivity contribution in [3.8, 4) is 0 Å². The van der Waals surface area contributed by atoms with Crippen molar-refractivity contribution in [2.24, 2.45) is 0 Å². The third kappa shape index (κ3) is 96.7. The van der Waals surface area contributed by atoms with Gasteiger partial charge in [0.05, 0.1) is 12.2 Å². The number of hydrogen-bond acceptors (Lipinski definition) is 8. The van der Waals surface area contributed by atoms with Crippen molar-refractivity contribution in [3.05, 3.63) is 62.8 Å². The van der Waals surface area contributed by atoms with E-state index in [9.17, 15) is 28.8 Å². The zero-order valence-electron chi connectivity index (χ0n) is 54.9. The second-order valence-corrected chi connectivity index (χ2v) is 22.6. The number of carbonyl (C=O) groups excluding carboxylic acids is 2. The van der Waals surface area contributed by atoms with Gasteiger partial charge in [-0.05, 0) is 149 Å². The SMILES string of the molecule is C=CCCCCCCCC.C=CCCCCCCCC(=O)O.C=CCCCCCCCC(=O)O.C=CCCCCCCCC(=O)OC(C)CCCCCCCC(=O)OC(C)CCCCCCCC(=O)O.CC/C=C/CCCCCCCC(=O)O. The molecule has 0 rings (SSSR count). The van der Waals surface area contributed by atoms with Crippen molar-refractivity contribution in [1.29, 1.82) is 0 Å². The summed E-state index contributed by atoms with van der Waals surface area (Å²) in [5, 5.41) is 33.7. The van der Waals surface area contributed by atoms with Gasteiger partial charge in [0.25, 0.3) is 0 Å². The Kier molecular flexibility index (Phi) is 82.5. The average Bonchev–Trinajstić information content (AvgIpc) is 3.45. The van der Waals surface area contributed by atoms with Crippen molar-refractivity contribution in [1.82, 2.24) is 0 Å². The minimum Gasteiger partial charge on any atom is -0.481 e. The summed E-state index contributed by atoms with van der Waals surface area (Å²) in [6, 6.07) is 0. The molecule has 0 bridgehead atoms. The zero-order valence-corrected chi connectivity index (χ0v) is 54.9. The Morgan fingerprint density at radius 2 is 0.536 bits per heavy atom. The predicted molar refractivity (Wildman–Crippen MR) is 354 cm³/mol. The van der Waals surface area contributed by atoms with Crippen LogP contribution in [0.4, 0.5) is 0 Å². The van der Waals surface area contributed by atoms with E-state index in [1.165, 1.54) is 116 Å². The average molecular weight is 1190 g/mol. The summed E-state index contributed by atoms with van der Waals surface area (Å²) in [4.78, 5) is 64.8. The van der Waals surface area contributed by atoms with Gasteiger partial charge in [0, 0.05) is 38.5 Å². The van der Waals surface area contributed by atoms with Gasteiger partial charge >= 0.3 is 35.8 Å². The number of rotatable bonds is 58. The molecule has 0 saturated carbocycles. The summed E-state index contributed by atoms with van der Waals surface area (Å²) in [6.45, 7) is 23.0. The predicted octanol–water partition coefficient (Wildman–Crippen LogP) is 22.0. The summed E-state index contributed by atoms with van der Waals surface area (Å²) < 4.78 is 11.0. The van der Waals surface area contributed by atoms with Crippen LogP contribution < -0.4 is 0 Å². The normalized spacial score (nSPS) is 11.1. The van der Waals surface area contributed by atoms with Crippen molar-refractivity contribution in [3.63, 3.8) is 0 Å². The van der Waals surface area contributed by atoms with E-state index in [1.807, 2.05) is 38.2 Å². The molecule has 12 nitrogen and oxygen atoms in total. The van der Waals surface area contributed by atoms with Crippen molar-refractivity contribution in [2.45, 2.75) is 361 Å². The minimum atomic E-state index is -0.727. The Morgan fingerprint density at radius 1 is 0.310 bits per heavy atom. The fourth-order valence-corrected chi connectivity index (χ4v) is 8.86. The first-order valence-corrected chi connectivity index (χ1v) is 33.9. The Bertz CT molecular complexity index is 1490. The molecule has 0 aliphatic heterocycles. The molecule has 0 heterocycles. The first kappa shape index (κ1) is 88.3. The number of ether oxygens (including phenoxy) is 2. The number of unbranched alkanes of at least 4 members (excludes halogenated alkanes) is 34. The lowest BCUT2D eigenvalue weighted by Gasteiger charge is -2.14. The highest BCUT2D eigenvalue weighted by molar-refractivity contribution is 5.70. The molecule has 2 atom stereocenters. The monoisotopic (exact) mass is 1190 g/mol. The van der Waals surface area contributed by atoms with Crippen LogP contribution in [-0.2, 0) is 38.2 Å². The number of aliphatic carboxylic acids is 4. The fraction of sp³-hybridized carbons (Fsp3) is 0.778. The molecule has 84 heavy (non-hydrogen) atoms. The molecule has 0 spiro atoms. The van der Waals surface area contributed by atoms with Gasteiger partial charge in [0.1, 0.15) is 0 Å². The molecule has 0 fully saturated rings. The highest BCUT2D eigenvalue weighted by Crippen LogP contribution is 2.16. The maximum Gasteiger partial charge on any atom is 0.306 e. The molecule has 0 saturated heterocycles. The van der Waals surface area contributed by atoms with E-state index in [0.717, 1.165) is 167 Å². The van der Waals surface area contributed by atoms with Crippen LogP contribution in [0.1, 0.15) is 349 Å². The Balaban J connectivity index is -0.000000353. The lowest BCUT2D eigenvalue weighted by atomic mass is 10.1. The van der Waals surface area contributed by atoms with Gasteiger partial charge in [-0.3, -0.25) is 28.8 Å². The van der Waals surface area contributed by atoms with Gasteiger partial charge in [-0.1, -0.05) is 198 Å². The van der Waals surface area contributed by atoms with Gasteiger partial charge in [0.15, 0.2) is 0 Å². The molecule has 0 aromatic carbocycles. The van der Waals surface area contributed by atoms with Gasteiger partial charge in [-0.25, -0.2) is 0 Å². The summed E-state index contributed by atoms with van der Waals surface area (Å²) in [7, 11) is 0. The highest BCUT2D eigenvalue weighted by Gasteiger charge is 2.11. The molecule has 0 aliphatic carbocycles. The summed E-state index contributed by atoms with van der Waals surface area (Å²) in [5.74, 6) is -2.94. The van der Waals surface area contributed by atoms with E-state index in [-0.39, 0.29) is 30.6 Å². The minimum absolute atomic E-state index is 0.0219. The van der Waals surface area contributed by atoms with Crippen LogP contribution in [0.15, 0.2) is 62.8 Å². The van der Waals surface area contributed by atoms with Crippen molar-refractivity contribution < 1.29 is 58.7 Å². The molecule has 12 heteroatoms. The molecule has 0 aromatic rings. The standard InChI is InChI=1S/C30H54O6.C12H22O2.2C10H18O2.C10H20/c1-4-5-6-7-8-14-19-24-29(33)35-27(3)22-17-12-10-15-20-25-30(34)36-26(2)21-16-11-9-13-18-23-28(31)32;1-2-3-4-5-6-7-8-9-10-11-12(13)14;2*1-2-3-4-5-6-7-8-9-10(11)12;1-3-5-7-9-10-8-6-4-2/h4,26-27H,1,5-25H2,2-3H3,(H,31,32);3-4H,2,5-11H2,1H3,(H,13,14);2*2H,1,3-9H2,(H,11,12);3H,1,4-10H2,2H3/b;4-3+;;;. The number of allylic oxidation sites excluding steroid dienone is 6. The zero-order chi connectivity index (χ0) is 63.6. The van der Waals surface area contributed by atoms with Crippen molar-refractivity contribution in [2.75, 3.05) is 0 Å². The lowest BCUT2D eigenvalue weighted by molar-refractivity contribution is -0.149. The van der Waals surface area contributed by atoms with Crippen LogP contribution >= 0.6 is 0 Å². The number of esters is 2. The van der Waals surface area contributed by atoms with Crippen LogP contribution in [0.3, 0.4) is 0 Å². The van der Waals surface area contributed by atoms with Crippen LogP contribution in [0, 0.1) is 0 Å². The molecule has 4 N–H and O–H groups in total. The van der Waals surface area contributed by atoms with E-state index >= 15 is 0 Å². The maximum atomic E-state index is 12.0. The third-order valence-electron chi connectivity index (χ3n) is 14.0. The first-order chi connectivity index (χ1) is 40.6. The Labute approximate surface area is 516 Å². The van der Waals surface area contributed by atoms with Crippen LogP contribution in [0.5, 0.6) is 0 Å². The molecular formula is C72H132O12. The first-order valence-electron chi connectivity index (χ1n) is 33.9. The molecular weight excluding hydrogens is 1060 g/mol. The molecule has 0 aromatic heterocycles. The number of carboxylic acids is 4. The summed E-state index contributed by atoms with van der Waals surface area (Å²) >= 11 is 0. The number of carboxylic acid groups (broad SMARTS) is 4. The van der Waals surface area contributed by atoms with E-state index < -0.39 is 23.9 Å². The van der Waals surface area contributed by atoms with Crippen molar-refractivity contribution >= 4 is 35.8 Å². The van der Waals surface area contributed by atoms with Gasteiger partial charge in [0.2, 0.25) is 0 Å². The number of hydrogen-bond donors (Lipinski definition) is 4. The molecule has 0 aliphatic rings. The van der Waals surface area contributed by atoms with E-state index in [0.29, 0.717) is 32.1 Å². The topological polar surface area (TPSA) is 202 Å². The van der Waals surface area contributed by atoms with Gasteiger partial charge in [-0.15, -0.1) is 26.3 Å². The third-order valence-corrected chi connectivity index (χ3v) is 14.0. The fourth-order valence-electron chi connectivity index (χ4n) is 8.86. The summed E-state index contributed by atoms with van der Waals surface area (Å²) in [6.07, 6.45) is 63.0. The van der Waals surface area contributed by atoms with Gasteiger partial charge < -0.3 is 29.9 Å². The summed E-state index contributed by atoms with van der Waals surface area (Å²) in [5.41, 5.74) is 0. The smallest absolute Gasteiger partial charge is 0.306 e. The molecule has 0 radical (unpaired) electrons. The van der Waals surface area contributed by atoms with E-state index in [2.05, 4.69) is 52.3 Å². The largest absolute Gasteiger partial charge is 0.481 e. The van der Waals surface area contributed by atoms with E-state index in [1.54, 1.807) is 0 Å². The Morgan fingerprint density at radius 3 is 0.786 bits per heavy atom. The maximum absolute atomic E-state index is 12.0. The van der Waals surface area contributed by atoms with E-state index in [4.69, 9.17) is 29.9 Å². The quantitative estimate of drug-likeness (QED) is 0.0255. The van der Waals surface area contributed by atoms with Crippen LogP contribution in [0.25, 0.3) is 0 Å². The van der Waals surface area contributed by atoms with Crippen LogP contribution in [0.2, 0.25) is 0 Å². The van der Waals surface area contributed by atoms with Crippen LogP contribution in [-0.4, -0.2) is 68.4 Å². The molecule has 2 unspecified atom stereocenters.